The molecule has 10 N–H and O–H groups in total. The van der Waals surface area contributed by atoms with E-state index in [4.69, 9.17) is 19.8 Å². The maximum absolute atomic E-state index is 9.96. The first kappa shape index (κ1) is 20.5. The molecule has 0 saturated heterocycles. The van der Waals surface area contributed by atoms with E-state index in [0.717, 1.165) is 0 Å². The van der Waals surface area contributed by atoms with Crippen LogP contribution in [0.5, 0.6) is 0 Å². The van der Waals surface area contributed by atoms with Crippen molar-refractivity contribution in [3.05, 3.63) is 0 Å². The number of amides is 4. The molecule has 0 unspecified atom stereocenters. The van der Waals surface area contributed by atoms with Gasteiger partial charge in [0, 0.05) is 6.92 Å². The number of carboxylic acid groups (broad SMARTS) is 2. The molecular formula is C6H14N4O8. The van der Waals surface area contributed by atoms with Crippen LogP contribution in [-0.2, 0) is 9.47 Å². The summed E-state index contributed by atoms with van der Waals surface area (Å²) < 4.78 is 8.35. The Bertz CT molecular complexity index is 257. The van der Waals surface area contributed by atoms with Crippen LogP contribution in [0.1, 0.15) is 6.92 Å². The van der Waals surface area contributed by atoms with Gasteiger partial charge in [-0.1, -0.05) is 0 Å². The van der Waals surface area contributed by atoms with Crippen molar-refractivity contribution in [1.82, 2.24) is 0 Å². The van der Waals surface area contributed by atoms with Gasteiger partial charge in [-0.15, -0.1) is 0 Å². The number of nitrogens with two attached hydrogens (primary N) is 4. The Morgan fingerprint density at radius 3 is 1.11 bits per heavy atom. The third kappa shape index (κ3) is 74.0. The van der Waals surface area contributed by atoms with Gasteiger partial charge >= 0.3 is 24.4 Å². The number of primary amides is 4. The molecule has 0 aliphatic carbocycles. The van der Waals surface area contributed by atoms with Gasteiger partial charge in [-0.05, 0) is 0 Å². The molecule has 0 aromatic carbocycles. The normalized spacial score (nSPS) is 7.67. The number of hydrogen-bond donors (Lipinski definition) is 6. The maximum atomic E-state index is 9.96. The zero-order valence-electron chi connectivity index (χ0n) is 9.23. The lowest BCUT2D eigenvalue weighted by molar-refractivity contribution is -0.0417. The number of carbonyl (C=O) groups is 4. The molecule has 0 aliphatic rings. The molecular weight excluding hydrogens is 256 g/mol. The minimum absolute atomic E-state index is 1.02. The molecule has 0 radical (unpaired) electrons. The largest absolute Gasteiger partial charge is 0.465 e. The van der Waals surface area contributed by atoms with E-state index in [1.165, 1.54) is 6.92 Å². The van der Waals surface area contributed by atoms with Crippen LogP contribution in [0, 0.1) is 0 Å². The lowest BCUT2D eigenvalue weighted by Gasteiger charge is -2.09. The molecule has 0 aliphatic heterocycles. The van der Waals surface area contributed by atoms with E-state index >= 15 is 0 Å². The molecule has 0 spiro atoms. The standard InChI is InChI=1S/C4H8N2O4.2CH3NO2/c1-2(9-3(5)7)10-4(6)8;2*2-1(3)4/h2H,1H3,(H2,5,7)(H2,6,8);2*2H2,(H,3,4). The molecule has 0 aromatic rings. The average Bonchev–Trinajstić information content (AvgIpc) is 1.96. The van der Waals surface area contributed by atoms with Gasteiger partial charge in [-0.3, -0.25) is 0 Å². The average molecular weight is 270 g/mol. The van der Waals surface area contributed by atoms with Crippen molar-refractivity contribution in [2.45, 2.75) is 13.2 Å². The molecule has 106 valence electrons. The number of ether oxygens (including phenoxy) is 2. The maximum Gasteiger partial charge on any atom is 0.407 e. The molecule has 12 nitrogen and oxygen atoms in total. The summed E-state index contributed by atoms with van der Waals surface area (Å²) in [6, 6.07) is 0. The van der Waals surface area contributed by atoms with E-state index in [1.807, 2.05) is 0 Å². The predicted octanol–water partition coefficient (Wildman–Crippen LogP) is -1.23. The number of hydrogen-bond acceptors (Lipinski definition) is 6. The molecule has 0 rings (SSSR count). The highest BCUT2D eigenvalue weighted by Crippen LogP contribution is 1.91. The van der Waals surface area contributed by atoms with Crippen LogP contribution in [0.25, 0.3) is 0 Å². The fourth-order valence-electron chi connectivity index (χ4n) is 0.351. The second-order valence-electron chi connectivity index (χ2n) is 2.12. The van der Waals surface area contributed by atoms with Gasteiger partial charge in [0.2, 0.25) is 6.29 Å². The summed E-state index contributed by atoms with van der Waals surface area (Å²) in [4.78, 5) is 37.5. The lowest BCUT2D eigenvalue weighted by atomic mass is 10.7. The Morgan fingerprint density at radius 1 is 0.833 bits per heavy atom. The zero-order valence-corrected chi connectivity index (χ0v) is 9.23. The quantitative estimate of drug-likeness (QED) is 0.331. The summed E-state index contributed by atoms with van der Waals surface area (Å²) in [6.45, 7) is 1.32. The highest BCUT2D eigenvalue weighted by atomic mass is 16.7. The summed E-state index contributed by atoms with van der Waals surface area (Å²) in [5.41, 5.74) is 17.2. The Hall–Kier alpha value is -2.92. The van der Waals surface area contributed by atoms with Crippen LogP contribution in [-0.4, -0.2) is 40.9 Å². The van der Waals surface area contributed by atoms with Crippen molar-refractivity contribution < 1.29 is 38.9 Å². The number of rotatable bonds is 2. The van der Waals surface area contributed by atoms with Gasteiger partial charge in [-0.25, -0.2) is 19.2 Å². The van der Waals surface area contributed by atoms with Crippen LogP contribution in [0.3, 0.4) is 0 Å². The fraction of sp³-hybridized carbons (Fsp3) is 0.333. The molecule has 0 saturated carbocycles. The molecule has 0 aromatic heterocycles. The molecule has 4 amide bonds. The number of carbonyl (C=O) groups excluding carboxylic acids is 2. The van der Waals surface area contributed by atoms with Gasteiger partial charge in [0.15, 0.2) is 0 Å². The van der Waals surface area contributed by atoms with Crippen LogP contribution < -0.4 is 22.9 Å². The predicted molar refractivity (Wildman–Crippen MR) is 55.2 cm³/mol. The van der Waals surface area contributed by atoms with Gasteiger partial charge in [0.05, 0.1) is 0 Å². The lowest BCUT2D eigenvalue weighted by Crippen LogP contribution is -2.27. The van der Waals surface area contributed by atoms with Gasteiger partial charge in [0.25, 0.3) is 0 Å². The van der Waals surface area contributed by atoms with E-state index < -0.39 is 30.7 Å². The van der Waals surface area contributed by atoms with Crippen molar-refractivity contribution in [1.29, 1.82) is 0 Å². The molecule has 18 heavy (non-hydrogen) atoms. The second kappa shape index (κ2) is 12.2. The second-order valence-corrected chi connectivity index (χ2v) is 2.12. The fourth-order valence-corrected chi connectivity index (χ4v) is 0.351. The first-order valence-electron chi connectivity index (χ1n) is 3.88. The minimum Gasteiger partial charge on any atom is -0.465 e. The van der Waals surface area contributed by atoms with Crippen LogP contribution in [0.15, 0.2) is 0 Å². The Morgan fingerprint density at radius 2 is 1.00 bits per heavy atom. The summed E-state index contributed by atoms with van der Waals surface area (Å²) >= 11 is 0. The van der Waals surface area contributed by atoms with Gasteiger partial charge in [0.1, 0.15) is 0 Å². The summed E-state index contributed by atoms with van der Waals surface area (Å²) in [5, 5.41) is 14.4. The topological polar surface area (TPSA) is 231 Å². The Balaban J connectivity index is -0.000000233. The third-order valence-corrected chi connectivity index (χ3v) is 0.564. The van der Waals surface area contributed by atoms with E-state index in [9.17, 15) is 9.59 Å². The van der Waals surface area contributed by atoms with Crippen molar-refractivity contribution in [2.24, 2.45) is 22.9 Å². The van der Waals surface area contributed by atoms with E-state index in [1.54, 1.807) is 0 Å². The van der Waals surface area contributed by atoms with Gasteiger partial charge < -0.3 is 42.6 Å². The summed E-state index contributed by atoms with van der Waals surface area (Å²) in [6.07, 6.45) is -5.74. The zero-order chi connectivity index (χ0) is 15.3. The first-order chi connectivity index (χ1) is 7.98. The molecule has 0 bridgehead atoms. The SMILES string of the molecule is CC(OC(N)=O)OC(N)=O.NC(=O)O.NC(=O)O. The van der Waals surface area contributed by atoms with Crippen LogP contribution in [0.2, 0.25) is 0 Å². The van der Waals surface area contributed by atoms with E-state index in [2.05, 4.69) is 32.4 Å². The minimum atomic E-state index is -1.33. The monoisotopic (exact) mass is 270 g/mol. The smallest absolute Gasteiger partial charge is 0.407 e. The van der Waals surface area contributed by atoms with Crippen molar-refractivity contribution in [2.75, 3.05) is 0 Å². The molecule has 0 fully saturated rings. The van der Waals surface area contributed by atoms with E-state index in [0.29, 0.717) is 0 Å². The highest BCUT2D eigenvalue weighted by molar-refractivity contribution is 5.66. The summed E-state index contributed by atoms with van der Waals surface area (Å²) in [7, 11) is 0. The first-order valence-corrected chi connectivity index (χ1v) is 3.88. The Kier molecular flexibility index (Phi) is 13.8. The van der Waals surface area contributed by atoms with Crippen LogP contribution >= 0.6 is 0 Å². The highest BCUT2D eigenvalue weighted by Gasteiger charge is 2.07. The molecule has 0 heterocycles. The van der Waals surface area contributed by atoms with Gasteiger partial charge in [-0.2, -0.15) is 0 Å². The van der Waals surface area contributed by atoms with E-state index in [-0.39, 0.29) is 0 Å². The van der Waals surface area contributed by atoms with Crippen molar-refractivity contribution in [3.63, 3.8) is 0 Å². The third-order valence-electron chi connectivity index (χ3n) is 0.564. The Labute approximate surface area is 100 Å². The van der Waals surface area contributed by atoms with Crippen molar-refractivity contribution >= 4 is 24.4 Å². The summed E-state index contributed by atoms with van der Waals surface area (Å²) in [5.74, 6) is 0. The van der Waals surface area contributed by atoms with Crippen LogP contribution in [0.4, 0.5) is 19.2 Å². The molecule has 0 atom stereocenters. The van der Waals surface area contributed by atoms with Crippen molar-refractivity contribution in [3.8, 4) is 0 Å². The molecule has 12 heteroatoms.